The van der Waals surface area contributed by atoms with E-state index in [1.165, 1.54) is 5.56 Å². The monoisotopic (exact) mass is 457 g/mol. The van der Waals surface area contributed by atoms with Gasteiger partial charge in [-0.25, -0.2) is 0 Å². The van der Waals surface area contributed by atoms with Gasteiger partial charge in [-0.2, -0.15) is 0 Å². The summed E-state index contributed by atoms with van der Waals surface area (Å²) in [4.78, 5) is 0. The van der Waals surface area contributed by atoms with Crippen LogP contribution in [0.2, 0.25) is 0 Å². The fraction of sp³-hybridized carbons (Fsp3) is 0.333. The zero-order valence-corrected chi connectivity index (χ0v) is 19.7. The molecule has 1 saturated heterocycles. The summed E-state index contributed by atoms with van der Waals surface area (Å²) in [6, 6.07) is 31.1. The van der Waals surface area contributed by atoms with Crippen molar-refractivity contribution >= 4 is 0 Å². The molecule has 4 rings (SSSR count). The van der Waals surface area contributed by atoms with Crippen LogP contribution in [0.15, 0.2) is 104 Å². The maximum absolute atomic E-state index is 6.52. The van der Waals surface area contributed by atoms with Crippen molar-refractivity contribution in [2.45, 2.75) is 57.0 Å². The SMILES string of the molecule is C=CCC[C@@H]1N[C@H](COCc2ccccc2)[C@@H](OCc2ccccc2)[C@@H]1OCc1ccccc1. The molecule has 0 unspecified atom stereocenters. The Morgan fingerprint density at radius 3 is 1.62 bits per heavy atom. The summed E-state index contributed by atoms with van der Waals surface area (Å²) in [5, 5.41) is 3.76. The van der Waals surface area contributed by atoms with Gasteiger partial charge in [-0.05, 0) is 29.5 Å². The molecule has 1 heterocycles. The number of nitrogens with one attached hydrogen (secondary N) is 1. The molecule has 178 valence electrons. The quantitative estimate of drug-likeness (QED) is 0.335. The van der Waals surface area contributed by atoms with E-state index in [-0.39, 0.29) is 24.3 Å². The lowest BCUT2D eigenvalue weighted by Crippen LogP contribution is -2.40. The maximum atomic E-state index is 6.52. The van der Waals surface area contributed by atoms with E-state index >= 15 is 0 Å². The smallest absolute Gasteiger partial charge is 0.103 e. The van der Waals surface area contributed by atoms with Crippen LogP contribution in [-0.4, -0.2) is 30.9 Å². The molecular weight excluding hydrogens is 422 g/mol. The van der Waals surface area contributed by atoms with E-state index in [1.807, 2.05) is 60.7 Å². The van der Waals surface area contributed by atoms with Gasteiger partial charge in [-0.15, -0.1) is 6.58 Å². The summed E-state index contributed by atoms with van der Waals surface area (Å²) in [7, 11) is 0. The van der Waals surface area contributed by atoms with Crippen molar-refractivity contribution in [3.05, 3.63) is 120 Å². The Balaban J connectivity index is 1.46. The minimum Gasteiger partial charge on any atom is -0.375 e. The van der Waals surface area contributed by atoms with Gasteiger partial charge in [0.1, 0.15) is 12.2 Å². The average Bonchev–Trinajstić information content (AvgIpc) is 3.22. The molecule has 34 heavy (non-hydrogen) atoms. The van der Waals surface area contributed by atoms with Crippen LogP contribution in [0.5, 0.6) is 0 Å². The third-order valence-electron chi connectivity index (χ3n) is 6.21. The number of benzene rings is 3. The second-order valence-corrected chi connectivity index (χ2v) is 8.77. The Morgan fingerprint density at radius 2 is 1.12 bits per heavy atom. The second-order valence-electron chi connectivity index (χ2n) is 8.77. The van der Waals surface area contributed by atoms with Gasteiger partial charge in [0.25, 0.3) is 0 Å². The van der Waals surface area contributed by atoms with E-state index in [0.717, 1.165) is 24.0 Å². The molecule has 1 N–H and O–H groups in total. The number of hydrogen-bond donors (Lipinski definition) is 1. The summed E-state index contributed by atoms with van der Waals surface area (Å²) in [5.41, 5.74) is 3.49. The fourth-order valence-electron chi connectivity index (χ4n) is 4.44. The number of allylic oxidation sites excluding steroid dienone is 1. The minimum absolute atomic E-state index is 0.0445. The highest BCUT2D eigenvalue weighted by Gasteiger charge is 2.44. The average molecular weight is 458 g/mol. The van der Waals surface area contributed by atoms with Crippen molar-refractivity contribution in [1.82, 2.24) is 5.32 Å². The van der Waals surface area contributed by atoms with Crippen molar-refractivity contribution in [1.29, 1.82) is 0 Å². The van der Waals surface area contributed by atoms with Crippen molar-refractivity contribution < 1.29 is 14.2 Å². The van der Waals surface area contributed by atoms with Gasteiger partial charge in [0.2, 0.25) is 0 Å². The predicted molar refractivity (Wildman–Crippen MR) is 136 cm³/mol. The lowest BCUT2D eigenvalue weighted by atomic mass is 10.0. The van der Waals surface area contributed by atoms with Crippen LogP contribution < -0.4 is 5.32 Å². The first kappa shape index (κ1) is 24.4. The second kappa shape index (κ2) is 13.2. The lowest BCUT2D eigenvalue weighted by molar-refractivity contribution is -0.0861. The molecule has 1 aliphatic rings. The van der Waals surface area contributed by atoms with Crippen molar-refractivity contribution in [2.75, 3.05) is 6.61 Å². The third kappa shape index (κ3) is 7.12. The Labute approximate surface area is 203 Å². The van der Waals surface area contributed by atoms with Crippen LogP contribution in [0.3, 0.4) is 0 Å². The van der Waals surface area contributed by atoms with Crippen LogP contribution in [0.25, 0.3) is 0 Å². The van der Waals surface area contributed by atoms with Crippen molar-refractivity contribution in [3.63, 3.8) is 0 Å². The lowest BCUT2D eigenvalue weighted by Gasteiger charge is -2.26. The molecule has 0 bridgehead atoms. The normalized spacial score (nSPS) is 22.0. The number of rotatable bonds is 13. The van der Waals surface area contributed by atoms with Crippen molar-refractivity contribution in [3.8, 4) is 0 Å². The topological polar surface area (TPSA) is 39.7 Å². The molecule has 4 heteroatoms. The molecule has 4 nitrogen and oxygen atoms in total. The first-order chi connectivity index (χ1) is 16.8. The third-order valence-corrected chi connectivity index (χ3v) is 6.21. The van der Waals surface area contributed by atoms with E-state index in [9.17, 15) is 0 Å². The van der Waals surface area contributed by atoms with Gasteiger partial charge in [0.15, 0.2) is 0 Å². The number of ether oxygens (including phenoxy) is 3. The standard InChI is InChI=1S/C30H35NO3/c1-2-3-19-27-29(33-21-25-15-9-5-10-16-25)30(34-22-26-17-11-6-12-18-26)28(31-27)23-32-20-24-13-7-4-8-14-24/h2,4-18,27-31H,1,3,19-23H2/t27-,28+,29+,30+/m0/s1. The molecule has 1 aliphatic heterocycles. The van der Waals surface area contributed by atoms with E-state index < -0.39 is 0 Å². The number of hydrogen-bond acceptors (Lipinski definition) is 4. The molecule has 0 aliphatic carbocycles. The summed E-state index contributed by atoms with van der Waals surface area (Å²) < 4.78 is 19.2. The zero-order chi connectivity index (χ0) is 23.4. The first-order valence-electron chi connectivity index (χ1n) is 12.1. The molecule has 3 aromatic carbocycles. The molecule has 1 fully saturated rings. The molecule has 0 aromatic heterocycles. The van der Waals surface area contributed by atoms with Gasteiger partial charge in [-0.3, -0.25) is 0 Å². The largest absolute Gasteiger partial charge is 0.375 e. The predicted octanol–water partition coefficient (Wildman–Crippen LogP) is 5.68. The van der Waals surface area contributed by atoms with Gasteiger partial charge in [0, 0.05) is 6.04 Å². The van der Waals surface area contributed by atoms with Gasteiger partial charge in [-0.1, -0.05) is 97.1 Å². The Bertz CT molecular complexity index is 964. The molecule has 0 saturated carbocycles. The Kier molecular flexibility index (Phi) is 9.47. The van der Waals surface area contributed by atoms with Gasteiger partial charge >= 0.3 is 0 Å². The van der Waals surface area contributed by atoms with Crippen LogP contribution in [-0.2, 0) is 34.0 Å². The first-order valence-corrected chi connectivity index (χ1v) is 12.1. The Hall–Kier alpha value is -2.76. The molecular formula is C30H35NO3. The summed E-state index contributed by atoms with van der Waals surface area (Å²) in [5.74, 6) is 0. The van der Waals surface area contributed by atoms with Gasteiger partial charge < -0.3 is 19.5 Å². The van der Waals surface area contributed by atoms with Crippen LogP contribution in [0, 0.1) is 0 Å². The molecule has 4 atom stereocenters. The van der Waals surface area contributed by atoms with E-state index in [0.29, 0.717) is 26.4 Å². The summed E-state index contributed by atoms with van der Waals surface area (Å²) in [6.07, 6.45) is 3.65. The van der Waals surface area contributed by atoms with E-state index in [1.54, 1.807) is 0 Å². The summed E-state index contributed by atoms with van der Waals surface area (Å²) >= 11 is 0. The Morgan fingerprint density at radius 1 is 0.647 bits per heavy atom. The van der Waals surface area contributed by atoms with Crippen LogP contribution >= 0.6 is 0 Å². The zero-order valence-electron chi connectivity index (χ0n) is 19.7. The summed E-state index contributed by atoms with van der Waals surface area (Å²) in [6.45, 7) is 6.15. The van der Waals surface area contributed by atoms with Crippen LogP contribution in [0.1, 0.15) is 29.5 Å². The molecule has 3 aromatic rings. The van der Waals surface area contributed by atoms with Crippen LogP contribution in [0.4, 0.5) is 0 Å². The highest BCUT2D eigenvalue weighted by molar-refractivity contribution is 5.16. The van der Waals surface area contributed by atoms with Crippen molar-refractivity contribution in [2.24, 2.45) is 0 Å². The maximum Gasteiger partial charge on any atom is 0.103 e. The molecule has 0 spiro atoms. The highest BCUT2D eigenvalue weighted by atomic mass is 16.5. The fourth-order valence-corrected chi connectivity index (χ4v) is 4.44. The molecule has 0 amide bonds. The van der Waals surface area contributed by atoms with Gasteiger partial charge in [0.05, 0.1) is 32.5 Å². The minimum atomic E-state index is -0.116. The molecule has 0 radical (unpaired) electrons. The van der Waals surface area contributed by atoms with E-state index in [4.69, 9.17) is 14.2 Å². The highest BCUT2D eigenvalue weighted by Crippen LogP contribution is 2.27. The van der Waals surface area contributed by atoms with E-state index in [2.05, 4.69) is 48.3 Å².